The highest BCUT2D eigenvalue weighted by Crippen LogP contribution is 2.32. The first-order valence-corrected chi connectivity index (χ1v) is 15.3. The Bertz CT molecular complexity index is 1060. The fourth-order valence-corrected chi connectivity index (χ4v) is 6.67. The number of rotatable bonds is 11. The molecular weight excluding hydrogens is 510 g/mol. The fraction of sp³-hybridized carbons (Fsp3) is 0.581. The summed E-state index contributed by atoms with van der Waals surface area (Å²) in [7, 11) is 4.10. The van der Waals surface area contributed by atoms with Crippen LogP contribution in [0.3, 0.4) is 0 Å². The van der Waals surface area contributed by atoms with Gasteiger partial charge in [-0.2, -0.15) is 0 Å². The summed E-state index contributed by atoms with van der Waals surface area (Å²) in [4.78, 5) is 47.9. The first-order chi connectivity index (χ1) is 18.9. The summed E-state index contributed by atoms with van der Waals surface area (Å²) < 4.78 is 5.72. The number of carbonyl (C=O) groups excluding carboxylic acids is 3. The molecule has 2 aliphatic heterocycles. The van der Waals surface area contributed by atoms with E-state index in [9.17, 15) is 14.4 Å². The van der Waals surface area contributed by atoms with Crippen molar-refractivity contribution in [3.8, 4) is 0 Å². The number of amides is 2. The van der Waals surface area contributed by atoms with Gasteiger partial charge in [0.25, 0.3) is 0 Å². The van der Waals surface area contributed by atoms with Crippen molar-refractivity contribution < 1.29 is 19.1 Å². The Morgan fingerprint density at radius 2 is 1.77 bits per heavy atom. The van der Waals surface area contributed by atoms with Gasteiger partial charge < -0.3 is 14.5 Å². The van der Waals surface area contributed by atoms with Crippen molar-refractivity contribution >= 4 is 29.1 Å². The summed E-state index contributed by atoms with van der Waals surface area (Å²) in [5.74, 6) is 0.115. The van der Waals surface area contributed by atoms with Crippen LogP contribution in [0.4, 0.5) is 4.79 Å². The summed E-state index contributed by atoms with van der Waals surface area (Å²) in [5.41, 5.74) is 0.917. The van der Waals surface area contributed by atoms with Crippen molar-refractivity contribution in [3.05, 3.63) is 58.3 Å². The quantitative estimate of drug-likeness (QED) is 0.373. The van der Waals surface area contributed by atoms with Gasteiger partial charge in [0, 0.05) is 24.4 Å². The average Bonchev–Trinajstić information content (AvgIpc) is 3.48. The van der Waals surface area contributed by atoms with E-state index in [1.807, 2.05) is 46.7 Å². The Kier molecular flexibility index (Phi) is 11.0. The molecule has 2 aromatic rings. The smallest absolute Gasteiger partial charge is 0.410 e. The highest BCUT2D eigenvalue weighted by Gasteiger charge is 2.44. The van der Waals surface area contributed by atoms with Gasteiger partial charge in [-0.15, -0.1) is 11.3 Å². The van der Waals surface area contributed by atoms with E-state index in [4.69, 9.17) is 4.74 Å². The first kappa shape index (κ1) is 29.3. The SMILES string of the molecule is CN(C)CCC[C@H]1CCCN(C(=O)OCc2ccccc2)[C@H]1C(=O)N1CCCC[C@H]1C(=O)CCc1cccs1. The first-order valence-electron chi connectivity index (χ1n) is 14.4. The van der Waals surface area contributed by atoms with E-state index < -0.39 is 18.2 Å². The normalized spacial score (nSPS) is 21.7. The zero-order valence-corrected chi connectivity index (χ0v) is 24.2. The van der Waals surface area contributed by atoms with Crippen LogP contribution in [0.25, 0.3) is 0 Å². The molecule has 7 nitrogen and oxygen atoms in total. The third-order valence-electron chi connectivity index (χ3n) is 7.98. The van der Waals surface area contributed by atoms with Crippen LogP contribution in [-0.2, 0) is 27.4 Å². The molecule has 0 aliphatic carbocycles. The van der Waals surface area contributed by atoms with E-state index in [1.165, 1.54) is 4.88 Å². The number of ketones is 1. The lowest BCUT2D eigenvalue weighted by Gasteiger charge is -2.44. The van der Waals surface area contributed by atoms with E-state index in [1.54, 1.807) is 16.2 Å². The molecular formula is C31H43N3O4S. The second-order valence-corrected chi connectivity index (χ2v) is 12.1. The van der Waals surface area contributed by atoms with Crippen molar-refractivity contribution in [1.29, 1.82) is 0 Å². The molecule has 2 saturated heterocycles. The molecule has 1 aromatic heterocycles. The predicted octanol–water partition coefficient (Wildman–Crippen LogP) is 5.39. The fourth-order valence-electron chi connectivity index (χ4n) is 5.96. The number of hydrogen-bond donors (Lipinski definition) is 0. The van der Waals surface area contributed by atoms with Crippen LogP contribution in [0, 0.1) is 5.92 Å². The van der Waals surface area contributed by atoms with Crippen LogP contribution in [0.1, 0.15) is 61.8 Å². The third kappa shape index (κ3) is 8.15. The minimum atomic E-state index is -0.588. The van der Waals surface area contributed by atoms with Crippen LogP contribution in [-0.4, -0.2) is 78.3 Å². The van der Waals surface area contributed by atoms with E-state index in [0.717, 1.165) is 50.6 Å². The molecule has 2 fully saturated rings. The maximum Gasteiger partial charge on any atom is 0.410 e. The molecule has 0 N–H and O–H groups in total. The molecule has 3 heterocycles. The molecule has 0 unspecified atom stereocenters. The monoisotopic (exact) mass is 553 g/mol. The van der Waals surface area contributed by atoms with Crippen LogP contribution in [0.15, 0.2) is 47.8 Å². The number of piperidine rings is 2. The Morgan fingerprint density at radius 3 is 2.51 bits per heavy atom. The summed E-state index contributed by atoms with van der Waals surface area (Å²) in [6.07, 6.45) is 6.81. The van der Waals surface area contributed by atoms with Crippen molar-refractivity contribution in [3.63, 3.8) is 0 Å². The lowest BCUT2D eigenvalue weighted by atomic mass is 9.83. The number of aryl methyl sites for hydroxylation is 1. The molecule has 8 heteroatoms. The number of benzene rings is 1. The van der Waals surface area contributed by atoms with Gasteiger partial charge in [0.1, 0.15) is 12.6 Å². The number of Topliss-reactive ketones (excluding diaryl/α,β-unsaturated/α-hetero) is 1. The molecule has 3 atom stereocenters. The molecule has 0 bridgehead atoms. The number of likely N-dealkylation sites (tertiary alicyclic amines) is 2. The maximum atomic E-state index is 14.3. The second-order valence-electron chi connectivity index (χ2n) is 11.1. The topological polar surface area (TPSA) is 70.2 Å². The van der Waals surface area contributed by atoms with E-state index in [0.29, 0.717) is 32.4 Å². The Balaban J connectivity index is 1.50. The van der Waals surface area contributed by atoms with Crippen LogP contribution >= 0.6 is 11.3 Å². The standard InChI is InChI=1S/C31H43N3O4S/c1-32(2)19-8-13-25-14-9-21-34(31(37)38-23-24-11-4-3-5-12-24)29(25)30(36)33-20-7-6-16-27(33)28(35)18-17-26-15-10-22-39-26/h3-5,10-12,15,22,25,27,29H,6-9,13-14,16-21,23H2,1-2H3/t25-,27-,29+/m0/s1. The van der Waals surface area contributed by atoms with Gasteiger partial charge in [0.05, 0.1) is 6.04 Å². The van der Waals surface area contributed by atoms with Gasteiger partial charge >= 0.3 is 6.09 Å². The Labute approximate surface area is 237 Å². The van der Waals surface area contributed by atoms with Crippen molar-refractivity contribution in [2.24, 2.45) is 5.92 Å². The molecule has 1 aromatic carbocycles. The predicted molar refractivity (Wildman–Crippen MR) is 155 cm³/mol. The zero-order valence-electron chi connectivity index (χ0n) is 23.4. The van der Waals surface area contributed by atoms with Gasteiger partial charge in [-0.1, -0.05) is 36.4 Å². The lowest BCUT2D eigenvalue weighted by molar-refractivity contribution is -0.148. The highest BCUT2D eigenvalue weighted by atomic mass is 32.1. The van der Waals surface area contributed by atoms with Crippen molar-refractivity contribution in [2.45, 2.75) is 76.5 Å². The molecule has 0 spiro atoms. The van der Waals surface area contributed by atoms with Crippen LogP contribution in [0.2, 0.25) is 0 Å². The summed E-state index contributed by atoms with van der Waals surface area (Å²) in [5, 5.41) is 2.03. The highest BCUT2D eigenvalue weighted by molar-refractivity contribution is 7.09. The zero-order chi connectivity index (χ0) is 27.6. The van der Waals surface area contributed by atoms with Gasteiger partial charge in [-0.25, -0.2) is 4.79 Å². The number of carbonyl (C=O) groups is 3. The van der Waals surface area contributed by atoms with Crippen molar-refractivity contribution in [2.75, 3.05) is 33.7 Å². The van der Waals surface area contributed by atoms with Gasteiger partial charge in [-0.05, 0) is 94.9 Å². The summed E-state index contributed by atoms with van der Waals surface area (Å²) in [6, 6.07) is 12.7. The molecule has 0 saturated carbocycles. The van der Waals surface area contributed by atoms with Gasteiger partial charge in [0.2, 0.25) is 5.91 Å². The molecule has 39 heavy (non-hydrogen) atoms. The van der Waals surface area contributed by atoms with E-state index >= 15 is 0 Å². The van der Waals surface area contributed by atoms with Gasteiger partial charge in [-0.3, -0.25) is 14.5 Å². The van der Waals surface area contributed by atoms with Crippen LogP contribution < -0.4 is 0 Å². The lowest BCUT2D eigenvalue weighted by Crippen LogP contribution is -2.60. The van der Waals surface area contributed by atoms with E-state index in [-0.39, 0.29) is 24.2 Å². The number of nitrogens with zero attached hydrogens (tertiary/aromatic N) is 3. The summed E-state index contributed by atoms with van der Waals surface area (Å²) in [6.45, 7) is 2.18. The summed E-state index contributed by atoms with van der Waals surface area (Å²) >= 11 is 1.66. The second kappa shape index (κ2) is 14.6. The van der Waals surface area contributed by atoms with Crippen molar-refractivity contribution in [1.82, 2.24) is 14.7 Å². The molecule has 212 valence electrons. The molecule has 4 rings (SSSR count). The minimum Gasteiger partial charge on any atom is -0.445 e. The van der Waals surface area contributed by atoms with Crippen LogP contribution in [0.5, 0.6) is 0 Å². The molecule has 0 radical (unpaired) electrons. The number of hydrogen-bond acceptors (Lipinski definition) is 6. The maximum absolute atomic E-state index is 14.3. The molecule has 2 aliphatic rings. The Morgan fingerprint density at radius 1 is 0.974 bits per heavy atom. The number of thiophene rings is 1. The van der Waals surface area contributed by atoms with Gasteiger partial charge in [0.15, 0.2) is 5.78 Å². The largest absolute Gasteiger partial charge is 0.445 e. The van der Waals surface area contributed by atoms with E-state index in [2.05, 4.69) is 25.1 Å². The molecule has 2 amide bonds. The number of ether oxygens (including phenoxy) is 1. The Hall–Kier alpha value is -2.71. The third-order valence-corrected chi connectivity index (χ3v) is 8.92. The minimum absolute atomic E-state index is 0.0549. The average molecular weight is 554 g/mol.